The minimum atomic E-state index is -5.58. The quantitative estimate of drug-likeness (QED) is 0.0640. The van der Waals surface area contributed by atoms with Crippen LogP contribution in [0.5, 0.6) is 0 Å². The number of hydrogen-bond acceptors (Lipinski definition) is 24. The number of carbonyl (C=O) groups excluding carboxylic acids is 1. The highest BCUT2D eigenvalue weighted by molar-refractivity contribution is 7.81. The summed E-state index contributed by atoms with van der Waals surface area (Å²) in [6.07, 6.45) is -39.0. The number of carboxylic acids is 2. The van der Waals surface area contributed by atoms with E-state index in [1.165, 1.54) is 0 Å². The first kappa shape index (κ1) is 47.2. The van der Waals surface area contributed by atoms with Gasteiger partial charge in [-0.2, -0.15) is 16.8 Å². The summed E-state index contributed by atoms with van der Waals surface area (Å²) in [4.78, 5) is 36.4. The molecule has 0 bridgehead atoms. The first-order chi connectivity index (χ1) is 26.4. The first-order valence-corrected chi connectivity index (χ1v) is 19.0. The van der Waals surface area contributed by atoms with Gasteiger partial charge in [-0.3, -0.25) is 13.9 Å². The van der Waals surface area contributed by atoms with Crippen LogP contribution in [0.15, 0.2) is 0 Å². The van der Waals surface area contributed by atoms with E-state index in [4.69, 9.17) is 33.2 Å². The van der Waals surface area contributed by atoms with Crippen LogP contribution in [0.3, 0.4) is 0 Å². The van der Waals surface area contributed by atoms with Crippen LogP contribution in [-0.4, -0.2) is 231 Å². The average molecular weight is 880 g/mol. The summed E-state index contributed by atoms with van der Waals surface area (Å²) in [5.41, 5.74) is 0. The van der Waals surface area contributed by atoms with Crippen LogP contribution in [0, 0.1) is 0 Å². The monoisotopic (exact) mass is 879 g/mol. The second-order valence-corrected chi connectivity index (χ2v) is 15.0. The van der Waals surface area contributed by atoms with Crippen molar-refractivity contribution in [1.82, 2.24) is 5.32 Å². The molecule has 0 spiro atoms. The normalized spacial score (nSPS) is 43.0. The lowest BCUT2D eigenvalue weighted by molar-refractivity contribution is -0.363. The Morgan fingerprint density at radius 2 is 1.11 bits per heavy atom. The summed E-state index contributed by atoms with van der Waals surface area (Å²) < 4.78 is 111. The maximum absolute atomic E-state index is 12.4. The Labute approximate surface area is 320 Å². The molecule has 13 N–H and O–H groups in total. The molecule has 4 aliphatic heterocycles. The number of aliphatic hydroxyl groups excluding tert-OH is 8. The molecule has 330 valence electrons. The summed E-state index contributed by atoms with van der Waals surface area (Å²) in [5, 5.41) is 105. The number of amides is 1. The maximum Gasteiger partial charge on any atom is 0.397 e. The Hall–Kier alpha value is -2.45. The minimum Gasteiger partial charge on any atom is -0.479 e. The van der Waals surface area contributed by atoms with Crippen molar-refractivity contribution in [2.24, 2.45) is 0 Å². The van der Waals surface area contributed by atoms with Crippen molar-refractivity contribution >= 4 is 38.6 Å². The van der Waals surface area contributed by atoms with E-state index in [1.807, 2.05) is 0 Å². The zero-order valence-electron chi connectivity index (χ0n) is 28.8. The van der Waals surface area contributed by atoms with Crippen LogP contribution in [0.4, 0.5) is 0 Å². The number of ether oxygens (including phenoxy) is 7. The predicted molar refractivity (Wildman–Crippen MR) is 166 cm³/mol. The average Bonchev–Trinajstić information content (AvgIpc) is 3.41. The summed E-state index contributed by atoms with van der Waals surface area (Å²) in [5.74, 6) is -4.93. The maximum atomic E-state index is 12.4. The molecule has 4 saturated heterocycles. The number of hydrogen-bond donors (Lipinski definition) is 13. The van der Waals surface area contributed by atoms with Gasteiger partial charge in [-0.25, -0.2) is 18.0 Å². The Bertz CT molecular complexity index is 1630. The van der Waals surface area contributed by atoms with Gasteiger partial charge in [0.25, 0.3) is 0 Å². The van der Waals surface area contributed by atoms with Gasteiger partial charge >= 0.3 is 32.7 Å². The highest BCUT2D eigenvalue weighted by atomic mass is 32.3. The number of rotatable bonds is 16. The molecule has 0 aromatic rings. The smallest absolute Gasteiger partial charge is 0.397 e. The van der Waals surface area contributed by atoms with Gasteiger partial charge in [-0.15, -0.1) is 0 Å². The molecule has 0 aromatic heterocycles. The van der Waals surface area contributed by atoms with Crippen LogP contribution in [0.25, 0.3) is 0 Å². The third-order valence-corrected chi connectivity index (χ3v) is 9.80. The molecule has 4 aliphatic rings. The molecular formula is C26H41NO28S2. The standard InChI is InChI=1S/C26H41NO28S2/c1-5(30)27-9-11(32)17(51-26-20(55-57(44,45)46)13(34)12(33)19(53-26)22(37)38)8(4-47-56(41,42)43)49-24(9)52-18-14(35)15(36)25(54-21(18)23(39)40)50-16-7(3-29)48-6(2-28)10(16)31/h6-21,24-26,28-29,31-36H,2-4H2,1H3,(H,27,30)(H,37,38)(H,39,40)(H,41,42,43)(H,44,45,46)/t6-,7-,8-,9-,10-,11-,12+,13+,14-,15-,16-,17-,18+,19-,20-,21+,24-,25-,26-/m1/s1. The van der Waals surface area contributed by atoms with E-state index in [0.29, 0.717) is 0 Å². The molecule has 57 heavy (non-hydrogen) atoms. The second kappa shape index (κ2) is 18.9. The lowest BCUT2D eigenvalue weighted by Gasteiger charge is -2.49. The second-order valence-electron chi connectivity index (χ2n) is 12.8. The van der Waals surface area contributed by atoms with Crippen LogP contribution in [-0.2, 0) is 76.7 Å². The molecule has 29 nitrogen and oxygen atoms in total. The third kappa shape index (κ3) is 11.2. The van der Waals surface area contributed by atoms with Gasteiger partial charge in [0, 0.05) is 6.92 Å². The lowest BCUT2D eigenvalue weighted by Crippen LogP contribution is -2.70. The van der Waals surface area contributed by atoms with E-state index in [0.717, 1.165) is 6.92 Å². The lowest BCUT2D eigenvalue weighted by atomic mass is 9.94. The van der Waals surface area contributed by atoms with Crippen LogP contribution >= 0.6 is 0 Å². The van der Waals surface area contributed by atoms with Gasteiger partial charge in [0.2, 0.25) is 5.91 Å². The fourth-order valence-corrected chi connectivity index (χ4v) is 7.11. The van der Waals surface area contributed by atoms with E-state index in [1.54, 1.807) is 0 Å². The molecule has 0 unspecified atom stereocenters. The van der Waals surface area contributed by atoms with E-state index >= 15 is 0 Å². The fraction of sp³-hybridized carbons (Fsp3) is 0.885. The van der Waals surface area contributed by atoms with Gasteiger partial charge in [0.05, 0.1) is 19.8 Å². The van der Waals surface area contributed by atoms with Gasteiger partial charge in [0.1, 0.15) is 79.3 Å². The first-order valence-electron chi connectivity index (χ1n) is 16.3. The van der Waals surface area contributed by atoms with E-state index in [2.05, 4.69) is 13.7 Å². The van der Waals surface area contributed by atoms with Crippen molar-refractivity contribution < 1.29 is 133 Å². The Kier molecular flexibility index (Phi) is 15.6. The molecule has 0 saturated carbocycles. The molecule has 0 aromatic carbocycles. The van der Waals surface area contributed by atoms with Gasteiger partial charge in [-0.05, 0) is 0 Å². The number of nitrogens with one attached hydrogen (secondary N) is 1. The molecular weight excluding hydrogens is 838 g/mol. The fourth-order valence-electron chi connectivity index (χ4n) is 6.32. The largest absolute Gasteiger partial charge is 0.479 e. The SMILES string of the molecule is CC(=O)N[C@H]1[C@@H](O[C@H]2[C@H](O)[C@@H](O)[C@H](O[C@H]3[C@H](O)[C@@H](CO)O[C@@H]3CO)O[C@@H]2C(=O)O)O[C@H](COS(=O)(=O)O)[C@@H](O[C@@H]2O[C@@H](C(=O)O)[C@@H](O)[C@H](O)[C@H]2OS(=O)(=O)O)[C@@H]1O. The minimum absolute atomic E-state index is 0.757. The number of carbonyl (C=O) groups is 3. The molecule has 1 amide bonds. The Balaban J connectivity index is 1.67. The Morgan fingerprint density at radius 1 is 0.579 bits per heavy atom. The van der Waals surface area contributed by atoms with E-state index < -0.39 is 175 Å². The number of carboxylic acid groups (broad SMARTS) is 2. The number of aliphatic hydroxyl groups is 8. The Morgan fingerprint density at radius 3 is 1.63 bits per heavy atom. The summed E-state index contributed by atoms with van der Waals surface area (Å²) in [6.45, 7) is -2.13. The van der Waals surface area contributed by atoms with Crippen LogP contribution < -0.4 is 5.32 Å². The molecule has 4 rings (SSSR count). The summed E-state index contributed by atoms with van der Waals surface area (Å²) >= 11 is 0. The van der Waals surface area contributed by atoms with Gasteiger partial charge in [0.15, 0.2) is 37.2 Å². The van der Waals surface area contributed by atoms with Crippen molar-refractivity contribution in [3.8, 4) is 0 Å². The van der Waals surface area contributed by atoms with Crippen molar-refractivity contribution in [3.05, 3.63) is 0 Å². The highest BCUT2D eigenvalue weighted by Crippen LogP contribution is 2.35. The highest BCUT2D eigenvalue weighted by Gasteiger charge is 2.58. The topological polar surface area (TPSA) is 457 Å². The van der Waals surface area contributed by atoms with E-state index in [-0.39, 0.29) is 0 Å². The third-order valence-electron chi connectivity index (χ3n) is 8.90. The zero-order chi connectivity index (χ0) is 42.9. The molecule has 31 heteroatoms. The number of aliphatic carboxylic acids is 2. The van der Waals surface area contributed by atoms with Crippen LogP contribution in [0.2, 0.25) is 0 Å². The summed E-state index contributed by atoms with van der Waals surface area (Å²) in [7, 11) is -11.0. The predicted octanol–water partition coefficient (Wildman–Crippen LogP) is -9.08. The molecule has 4 fully saturated rings. The van der Waals surface area contributed by atoms with Gasteiger partial charge < -0.3 is 89.5 Å². The zero-order valence-corrected chi connectivity index (χ0v) is 30.4. The molecule has 4 heterocycles. The van der Waals surface area contributed by atoms with E-state index in [9.17, 15) is 91.4 Å². The van der Waals surface area contributed by atoms with Crippen molar-refractivity contribution in [3.63, 3.8) is 0 Å². The molecule has 19 atom stereocenters. The molecule has 0 radical (unpaired) electrons. The van der Waals surface area contributed by atoms with Crippen LogP contribution in [0.1, 0.15) is 6.92 Å². The summed E-state index contributed by atoms with van der Waals surface area (Å²) in [6, 6.07) is -2.05. The van der Waals surface area contributed by atoms with Gasteiger partial charge in [-0.1, -0.05) is 0 Å². The van der Waals surface area contributed by atoms with Crippen molar-refractivity contribution in [1.29, 1.82) is 0 Å². The molecule has 0 aliphatic carbocycles. The van der Waals surface area contributed by atoms with Crippen molar-refractivity contribution in [2.45, 2.75) is 123 Å². The van der Waals surface area contributed by atoms with Crippen molar-refractivity contribution in [2.75, 3.05) is 19.8 Å².